The normalized spacial score (nSPS) is 11.5. The molecular formula is C21H27N5O2S. The van der Waals surface area contributed by atoms with Gasteiger partial charge in [-0.15, -0.1) is 11.3 Å². The highest BCUT2D eigenvalue weighted by Gasteiger charge is 2.10. The number of aliphatic imine (C=N–C) groups is 1. The minimum absolute atomic E-state index is 0.0383. The van der Waals surface area contributed by atoms with Crippen LogP contribution in [0.5, 0.6) is 5.75 Å². The molecule has 0 spiro atoms. The number of hydrogen-bond acceptors (Lipinski definition) is 4. The third-order valence-electron chi connectivity index (χ3n) is 4.54. The van der Waals surface area contributed by atoms with Crippen LogP contribution < -0.4 is 15.4 Å². The van der Waals surface area contributed by atoms with Gasteiger partial charge in [0, 0.05) is 42.6 Å². The monoisotopic (exact) mass is 413 g/mol. The number of benzene rings is 1. The second kappa shape index (κ2) is 9.97. The SMILES string of the molecule is COc1cccc2[nH]cc(CCNC(=NCC(=O)N(C)C)NCc3cccs3)c12. The second-order valence-electron chi connectivity index (χ2n) is 6.76. The highest BCUT2D eigenvalue weighted by Crippen LogP contribution is 2.28. The first-order chi connectivity index (χ1) is 14.1. The Hall–Kier alpha value is -3.00. The van der Waals surface area contributed by atoms with Crippen molar-refractivity contribution >= 4 is 34.1 Å². The van der Waals surface area contributed by atoms with Crippen LogP contribution >= 0.6 is 11.3 Å². The molecule has 154 valence electrons. The molecule has 7 nitrogen and oxygen atoms in total. The Kier molecular flexibility index (Phi) is 7.13. The molecule has 0 atom stereocenters. The summed E-state index contributed by atoms with van der Waals surface area (Å²) >= 11 is 1.68. The molecule has 1 aromatic carbocycles. The van der Waals surface area contributed by atoms with Gasteiger partial charge in [-0.2, -0.15) is 0 Å². The highest BCUT2D eigenvalue weighted by atomic mass is 32.1. The molecule has 3 aromatic rings. The Morgan fingerprint density at radius 3 is 2.83 bits per heavy atom. The van der Waals surface area contributed by atoms with Crippen molar-refractivity contribution < 1.29 is 9.53 Å². The summed E-state index contributed by atoms with van der Waals surface area (Å²) in [7, 11) is 5.15. The van der Waals surface area contributed by atoms with E-state index >= 15 is 0 Å². The average molecular weight is 414 g/mol. The quantitative estimate of drug-likeness (QED) is 0.392. The number of ether oxygens (including phenoxy) is 1. The fourth-order valence-electron chi connectivity index (χ4n) is 2.95. The number of likely N-dealkylation sites (N-methyl/N-ethyl adjacent to an activating group) is 1. The van der Waals surface area contributed by atoms with E-state index < -0.39 is 0 Å². The van der Waals surface area contributed by atoms with Gasteiger partial charge < -0.3 is 25.3 Å². The van der Waals surface area contributed by atoms with Crippen LogP contribution in [0.25, 0.3) is 10.9 Å². The van der Waals surface area contributed by atoms with E-state index in [-0.39, 0.29) is 12.5 Å². The minimum Gasteiger partial charge on any atom is -0.496 e. The standard InChI is InChI=1S/C21H27N5O2S/c1-26(2)19(27)14-25-21(24-13-16-6-5-11-29-16)22-10-9-15-12-23-17-7-4-8-18(28-3)20(15)17/h4-8,11-12,23H,9-10,13-14H2,1-3H3,(H2,22,24,25). The zero-order chi connectivity index (χ0) is 20.6. The summed E-state index contributed by atoms with van der Waals surface area (Å²) in [6, 6.07) is 10.1. The van der Waals surface area contributed by atoms with Gasteiger partial charge >= 0.3 is 0 Å². The number of carbonyl (C=O) groups is 1. The number of rotatable bonds is 8. The maximum absolute atomic E-state index is 11.9. The van der Waals surface area contributed by atoms with E-state index in [1.165, 1.54) is 10.4 Å². The van der Waals surface area contributed by atoms with E-state index in [2.05, 4.69) is 26.7 Å². The largest absolute Gasteiger partial charge is 0.496 e. The molecule has 0 bridgehead atoms. The molecule has 0 aliphatic carbocycles. The molecule has 3 N–H and O–H groups in total. The van der Waals surface area contributed by atoms with Crippen molar-refractivity contribution in [3.05, 3.63) is 52.3 Å². The lowest BCUT2D eigenvalue weighted by Gasteiger charge is -2.13. The number of hydrogen-bond donors (Lipinski definition) is 3. The number of guanidine groups is 1. The molecule has 0 aliphatic heterocycles. The van der Waals surface area contributed by atoms with Crippen LogP contribution in [-0.2, 0) is 17.8 Å². The Bertz CT molecular complexity index is 963. The number of fused-ring (bicyclic) bond motifs is 1. The molecule has 0 radical (unpaired) electrons. The summed E-state index contributed by atoms with van der Waals surface area (Å²) in [6.07, 6.45) is 2.81. The number of nitrogens with zero attached hydrogens (tertiary/aromatic N) is 2. The van der Waals surface area contributed by atoms with Crippen molar-refractivity contribution in [2.75, 3.05) is 34.3 Å². The smallest absolute Gasteiger partial charge is 0.243 e. The van der Waals surface area contributed by atoms with Crippen LogP contribution in [0.15, 0.2) is 46.9 Å². The molecule has 0 aliphatic rings. The van der Waals surface area contributed by atoms with Crippen LogP contribution in [0.2, 0.25) is 0 Å². The number of carbonyl (C=O) groups excluding carboxylic acids is 1. The predicted octanol–water partition coefficient (Wildman–Crippen LogP) is 2.60. The van der Waals surface area contributed by atoms with Crippen molar-refractivity contribution in [1.82, 2.24) is 20.5 Å². The third kappa shape index (κ3) is 5.51. The van der Waals surface area contributed by atoms with Crippen molar-refractivity contribution in [3.63, 3.8) is 0 Å². The van der Waals surface area contributed by atoms with E-state index in [1.807, 2.05) is 35.8 Å². The summed E-state index contributed by atoms with van der Waals surface area (Å²) in [4.78, 5) is 22.4. The molecule has 8 heteroatoms. The van der Waals surface area contributed by atoms with Gasteiger partial charge in [0.25, 0.3) is 0 Å². The summed E-state index contributed by atoms with van der Waals surface area (Å²) < 4.78 is 5.50. The van der Waals surface area contributed by atoms with Gasteiger partial charge in [-0.05, 0) is 35.6 Å². The Balaban J connectivity index is 1.64. The number of thiophene rings is 1. The number of amides is 1. The molecule has 0 saturated carbocycles. The number of methoxy groups -OCH3 is 1. The maximum Gasteiger partial charge on any atom is 0.243 e. The van der Waals surface area contributed by atoms with Gasteiger partial charge in [0.15, 0.2) is 5.96 Å². The molecule has 2 heterocycles. The highest BCUT2D eigenvalue weighted by molar-refractivity contribution is 7.09. The van der Waals surface area contributed by atoms with E-state index in [0.29, 0.717) is 19.0 Å². The Labute approximate surface area is 174 Å². The van der Waals surface area contributed by atoms with Crippen molar-refractivity contribution in [2.45, 2.75) is 13.0 Å². The maximum atomic E-state index is 11.9. The Morgan fingerprint density at radius 2 is 2.10 bits per heavy atom. The first-order valence-electron chi connectivity index (χ1n) is 9.46. The van der Waals surface area contributed by atoms with Crippen LogP contribution in [0, 0.1) is 0 Å². The number of aromatic nitrogens is 1. The molecule has 1 amide bonds. The number of aromatic amines is 1. The van der Waals surface area contributed by atoms with E-state index in [9.17, 15) is 4.79 Å². The fraction of sp³-hybridized carbons (Fsp3) is 0.333. The van der Waals surface area contributed by atoms with Gasteiger partial charge in [0.2, 0.25) is 5.91 Å². The molecular weight excluding hydrogens is 386 g/mol. The summed E-state index contributed by atoms with van der Waals surface area (Å²) in [5.41, 5.74) is 2.23. The molecule has 2 aromatic heterocycles. The van der Waals surface area contributed by atoms with Crippen LogP contribution in [0.1, 0.15) is 10.4 Å². The fourth-order valence-corrected chi connectivity index (χ4v) is 3.59. The first-order valence-corrected chi connectivity index (χ1v) is 10.3. The van der Waals surface area contributed by atoms with Crippen molar-refractivity contribution in [2.24, 2.45) is 4.99 Å². The van der Waals surface area contributed by atoms with Crippen molar-refractivity contribution in [1.29, 1.82) is 0 Å². The van der Waals surface area contributed by atoms with Gasteiger partial charge in [0.05, 0.1) is 13.7 Å². The van der Waals surface area contributed by atoms with Crippen molar-refractivity contribution in [3.8, 4) is 5.75 Å². The summed E-state index contributed by atoms with van der Waals surface area (Å²) in [5.74, 6) is 1.45. The molecule has 3 rings (SSSR count). The topological polar surface area (TPSA) is 81.7 Å². The van der Waals surface area contributed by atoms with Gasteiger partial charge in [-0.25, -0.2) is 4.99 Å². The van der Waals surface area contributed by atoms with Gasteiger partial charge in [-0.3, -0.25) is 4.79 Å². The molecule has 0 fully saturated rings. The second-order valence-corrected chi connectivity index (χ2v) is 7.79. The number of nitrogens with one attached hydrogen (secondary N) is 3. The van der Waals surface area contributed by atoms with Crippen LogP contribution in [-0.4, -0.2) is 56.0 Å². The van der Waals surface area contributed by atoms with Gasteiger partial charge in [0.1, 0.15) is 12.3 Å². The lowest BCUT2D eigenvalue weighted by atomic mass is 10.1. The van der Waals surface area contributed by atoms with Crippen LogP contribution in [0.3, 0.4) is 0 Å². The molecule has 29 heavy (non-hydrogen) atoms. The number of H-pyrrole nitrogens is 1. The summed E-state index contributed by atoms with van der Waals surface area (Å²) in [5, 5.41) is 9.78. The predicted molar refractivity (Wildman–Crippen MR) is 119 cm³/mol. The minimum atomic E-state index is -0.0383. The zero-order valence-electron chi connectivity index (χ0n) is 17.0. The first kappa shape index (κ1) is 20.7. The average Bonchev–Trinajstić information content (AvgIpc) is 3.39. The van der Waals surface area contributed by atoms with Crippen LogP contribution in [0.4, 0.5) is 0 Å². The van der Waals surface area contributed by atoms with E-state index in [1.54, 1.807) is 37.4 Å². The molecule has 0 saturated heterocycles. The van der Waals surface area contributed by atoms with E-state index in [4.69, 9.17) is 4.74 Å². The molecule has 0 unspecified atom stereocenters. The summed E-state index contributed by atoms with van der Waals surface area (Å²) in [6.45, 7) is 1.45. The van der Waals surface area contributed by atoms with Gasteiger partial charge in [-0.1, -0.05) is 12.1 Å². The zero-order valence-corrected chi connectivity index (χ0v) is 17.8. The third-order valence-corrected chi connectivity index (χ3v) is 5.41. The Morgan fingerprint density at radius 1 is 1.24 bits per heavy atom. The lowest BCUT2D eigenvalue weighted by Crippen LogP contribution is -2.39. The lowest BCUT2D eigenvalue weighted by molar-refractivity contribution is -0.127. The van der Waals surface area contributed by atoms with E-state index in [0.717, 1.165) is 23.1 Å².